The summed E-state index contributed by atoms with van der Waals surface area (Å²) in [6, 6.07) is 4.87. The highest BCUT2D eigenvalue weighted by Crippen LogP contribution is 2.24. The zero-order chi connectivity index (χ0) is 18.9. The molecular weight excluding hydrogens is 465 g/mol. The maximum absolute atomic E-state index is 5.75. The van der Waals surface area contributed by atoms with Crippen molar-refractivity contribution < 1.29 is 4.42 Å². The van der Waals surface area contributed by atoms with Crippen LogP contribution in [0.5, 0.6) is 0 Å². The number of furan rings is 1. The van der Waals surface area contributed by atoms with E-state index in [4.69, 9.17) is 4.42 Å². The van der Waals surface area contributed by atoms with E-state index in [2.05, 4.69) is 38.4 Å². The zero-order valence-electron chi connectivity index (χ0n) is 17.5. The molecule has 7 heteroatoms. The summed E-state index contributed by atoms with van der Waals surface area (Å²) in [5.74, 6) is 1.96. The maximum Gasteiger partial charge on any atom is 0.191 e. The number of aliphatic imine (C=N–C) groups is 1. The summed E-state index contributed by atoms with van der Waals surface area (Å²) in [6.07, 6.45) is 9.30. The molecule has 0 amide bonds. The fourth-order valence-corrected chi connectivity index (χ4v) is 4.32. The Balaban J connectivity index is 0.00000280. The van der Waals surface area contributed by atoms with Gasteiger partial charge in [0.15, 0.2) is 5.96 Å². The van der Waals surface area contributed by atoms with Crippen LogP contribution in [0.3, 0.4) is 0 Å². The molecule has 2 N–H and O–H groups in total. The number of hydrogen-bond donors (Lipinski definition) is 2. The third-order valence-corrected chi connectivity index (χ3v) is 5.86. The summed E-state index contributed by atoms with van der Waals surface area (Å²) in [4.78, 5) is 9.58. The molecule has 1 unspecified atom stereocenters. The molecule has 2 aliphatic heterocycles. The molecule has 6 nitrogen and oxygen atoms in total. The first-order chi connectivity index (χ1) is 13.3. The second-order valence-electron chi connectivity index (χ2n) is 7.84. The largest absolute Gasteiger partial charge is 0.468 e. The molecule has 3 rings (SSSR count). The van der Waals surface area contributed by atoms with Gasteiger partial charge >= 0.3 is 0 Å². The van der Waals surface area contributed by atoms with Crippen LogP contribution in [0.15, 0.2) is 27.8 Å². The van der Waals surface area contributed by atoms with Gasteiger partial charge in [-0.05, 0) is 63.9 Å². The van der Waals surface area contributed by atoms with E-state index in [1.54, 1.807) is 6.26 Å². The van der Waals surface area contributed by atoms with Crippen LogP contribution in [0.25, 0.3) is 0 Å². The van der Waals surface area contributed by atoms with Gasteiger partial charge in [-0.1, -0.05) is 13.3 Å². The first-order valence-electron chi connectivity index (χ1n) is 10.8. The van der Waals surface area contributed by atoms with E-state index in [0.29, 0.717) is 6.04 Å². The van der Waals surface area contributed by atoms with Gasteiger partial charge in [0.1, 0.15) is 5.76 Å². The fraction of sp³-hybridized carbons (Fsp3) is 0.762. The molecule has 0 saturated carbocycles. The predicted octanol–water partition coefficient (Wildman–Crippen LogP) is 3.46. The van der Waals surface area contributed by atoms with Crippen molar-refractivity contribution in [1.29, 1.82) is 0 Å². The zero-order valence-corrected chi connectivity index (χ0v) is 19.9. The van der Waals surface area contributed by atoms with Crippen LogP contribution in [-0.2, 0) is 0 Å². The lowest BCUT2D eigenvalue weighted by atomic mass is 10.0. The van der Waals surface area contributed by atoms with E-state index in [1.165, 1.54) is 58.2 Å². The number of nitrogens with one attached hydrogen (secondary N) is 2. The second-order valence-corrected chi connectivity index (χ2v) is 7.84. The highest BCUT2D eigenvalue weighted by Gasteiger charge is 2.25. The van der Waals surface area contributed by atoms with Gasteiger partial charge in [0.05, 0.1) is 12.3 Å². The van der Waals surface area contributed by atoms with Crippen LogP contribution in [-0.4, -0.2) is 68.1 Å². The number of piperidine rings is 2. The Morgan fingerprint density at radius 2 is 1.96 bits per heavy atom. The molecule has 0 aliphatic carbocycles. The normalized spacial score (nSPS) is 21.1. The topological polar surface area (TPSA) is 56.0 Å². The number of likely N-dealkylation sites (tertiary alicyclic amines) is 2. The lowest BCUT2D eigenvalue weighted by Gasteiger charge is -2.35. The van der Waals surface area contributed by atoms with Crippen molar-refractivity contribution in [3.8, 4) is 0 Å². The number of halogens is 1. The minimum Gasteiger partial charge on any atom is -0.468 e. The summed E-state index contributed by atoms with van der Waals surface area (Å²) >= 11 is 0. The van der Waals surface area contributed by atoms with Gasteiger partial charge in [-0.25, -0.2) is 0 Å². The summed E-state index contributed by atoms with van der Waals surface area (Å²) in [5.41, 5.74) is 0. The fourth-order valence-electron chi connectivity index (χ4n) is 4.32. The summed E-state index contributed by atoms with van der Waals surface area (Å²) in [7, 11) is 1.87. The average molecular weight is 503 g/mol. The predicted molar refractivity (Wildman–Crippen MR) is 127 cm³/mol. The van der Waals surface area contributed by atoms with Gasteiger partial charge in [-0.15, -0.1) is 24.0 Å². The monoisotopic (exact) mass is 503 g/mol. The third-order valence-electron chi connectivity index (χ3n) is 5.86. The van der Waals surface area contributed by atoms with Crippen LogP contribution in [0.4, 0.5) is 0 Å². The summed E-state index contributed by atoms with van der Waals surface area (Å²) in [6.45, 7) is 8.97. The molecular formula is C21H38IN5O. The number of hydrogen-bond acceptors (Lipinski definition) is 4. The molecule has 160 valence electrons. The van der Waals surface area contributed by atoms with Gasteiger partial charge in [0.25, 0.3) is 0 Å². The molecule has 0 radical (unpaired) electrons. The van der Waals surface area contributed by atoms with Crippen molar-refractivity contribution in [3.05, 3.63) is 24.2 Å². The number of nitrogens with zero attached hydrogens (tertiary/aromatic N) is 3. The second kappa shape index (κ2) is 12.7. The molecule has 1 aromatic rings. The summed E-state index contributed by atoms with van der Waals surface area (Å²) in [5, 5.41) is 7.20. The molecule has 0 aromatic carbocycles. The molecule has 1 atom stereocenters. The summed E-state index contributed by atoms with van der Waals surface area (Å²) < 4.78 is 5.75. The standard InChI is InChI=1S/C21H37N5O.HI/c1-3-11-25-14-9-18(10-15-25)24-21(22-2)23-17-19(20-8-7-16-27-20)26-12-5-4-6-13-26;/h7-8,16,18-19H,3-6,9-15,17H2,1-2H3,(H2,22,23,24);1H. The van der Waals surface area contributed by atoms with Crippen molar-refractivity contribution in [1.82, 2.24) is 20.4 Å². The minimum atomic E-state index is 0. The van der Waals surface area contributed by atoms with E-state index in [9.17, 15) is 0 Å². The van der Waals surface area contributed by atoms with Crippen molar-refractivity contribution in [2.24, 2.45) is 4.99 Å². The Hall–Kier alpha value is -0.800. The van der Waals surface area contributed by atoms with E-state index >= 15 is 0 Å². The van der Waals surface area contributed by atoms with Crippen LogP contribution in [0.2, 0.25) is 0 Å². The third kappa shape index (κ3) is 6.91. The van der Waals surface area contributed by atoms with Gasteiger partial charge in [-0.3, -0.25) is 9.89 Å². The Bertz CT molecular complexity index is 551. The first kappa shape index (κ1) is 23.5. The first-order valence-corrected chi connectivity index (χ1v) is 10.8. The smallest absolute Gasteiger partial charge is 0.191 e. The number of guanidine groups is 1. The van der Waals surface area contributed by atoms with E-state index in [0.717, 1.165) is 31.4 Å². The lowest BCUT2D eigenvalue weighted by Crippen LogP contribution is -2.50. The van der Waals surface area contributed by atoms with E-state index in [1.807, 2.05) is 13.1 Å². The van der Waals surface area contributed by atoms with Gasteiger partial charge in [0, 0.05) is 32.7 Å². The van der Waals surface area contributed by atoms with Gasteiger partial charge in [-0.2, -0.15) is 0 Å². The van der Waals surface area contributed by atoms with Crippen LogP contribution in [0.1, 0.15) is 57.3 Å². The average Bonchev–Trinajstić information content (AvgIpc) is 3.24. The van der Waals surface area contributed by atoms with Crippen LogP contribution < -0.4 is 10.6 Å². The Morgan fingerprint density at radius 1 is 1.21 bits per heavy atom. The Kier molecular flexibility index (Phi) is 10.6. The molecule has 1 aromatic heterocycles. The van der Waals surface area contributed by atoms with Crippen molar-refractivity contribution in [2.45, 2.75) is 57.5 Å². The molecule has 2 fully saturated rings. The minimum absolute atomic E-state index is 0. The molecule has 28 heavy (non-hydrogen) atoms. The van der Waals surface area contributed by atoms with E-state index in [-0.39, 0.29) is 30.0 Å². The quantitative estimate of drug-likeness (QED) is 0.339. The highest BCUT2D eigenvalue weighted by molar-refractivity contribution is 14.0. The molecule has 2 saturated heterocycles. The van der Waals surface area contributed by atoms with E-state index < -0.39 is 0 Å². The van der Waals surface area contributed by atoms with Crippen molar-refractivity contribution in [3.63, 3.8) is 0 Å². The van der Waals surface area contributed by atoms with Crippen LogP contribution in [0, 0.1) is 0 Å². The van der Waals surface area contributed by atoms with Crippen LogP contribution >= 0.6 is 24.0 Å². The lowest BCUT2D eigenvalue weighted by molar-refractivity contribution is 0.146. The Labute approximate surface area is 187 Å². The Morgan fingerprint density at radius 3 is 2.57 bits per heavy atom. The van der Waals surface area contributed by atoms with Gasteiger partial charge in [0.2, 0.25) is 0 Å². The van der Waals surface area contributed by atoms with Gasteiger partial charge < -0.3 is 20.0 Å². The van der Waals surface area contributed by atoms with Crippen molar-refractivity contribution >= 4 is 29.9 Å². The molecule has 0 bridgehead atoms. The molecule has 2 aliphatic rings. The molecule has 3 heterocycles. The molecule has 0 spiro atoms. The highest BCUT2D eigenvalue weighted by atomic mass is 127. The SMILES string of the molecule is CCCN1CCC(NC(=NC)NCC(c2ccco2)N2CCCCC2)CC1.I. The number of rotatable bonds is 7. The van der Waals surface area contributed by atoms with Crippen molar-refractivity contribution in [2.75, 3.05) is 46.3 Å². The maximum atomic E-state index is 5.75.